The third kappa shape index (κ3) is 9.12. The molecule has 0 rings (SSSR count). The molecular weight excluding hydrogens is 224 g/mol. The van der Waals surface area contributed by atoms with Gasteiger partial charge < -0.3 is 10.2 Å². The van der Waals surface area contributed by atoms with E-state index >= 15 is 0 Å². The quantitative estimate of drug-likeness (QED) is 0.656. The molecule has 0 aliphatic carbocycles. The summed E-state index contributed by atoms with van der Waals surface area (Å²) < 4.78 is 22.5. The van der Waals surface area contributed by atoms with E-state index in [1.54, 1.807) is 6.92 Å². The van der Waals surface area contributed by atoms with E-state index in [0.717, 1.165) is 26.1 Å². The van der Waals surface area contributed by atoms with Crippen molar-refractivity contribution in [1.29, 1.82) is 0 Å². The molecule has 0 saturated heterocycles. The molecule has 0 spiro atoms. The molecule has 0 aromatic heterocycles. The second-order valence-electron chi connectivity index (χ2n) is 4.50. The number of likely N-dealkylation sites (N-methyl/N-ethyl adjacent to an activating group) is 1. The van der Waals surface area contributed by atoms with Crippen molar-refractivity contribution in [3.05, 3.63) is 0 Å². The highest BCUT2D eigenvalue weighted by Gasteiger charge is 2.07. The molecule has 0 heterocycles. The molecule has 0 aromatic carbocycles. The summed E-state index contributed by atoms with van der Waals surface area (Å²) in [5.41, 5.74) is 0. The number of hydrogen-bond donors (Lipinski definition) is 1. The molecule has 0 fully saturated rings. The van der Waals surface area contributed by atoms with Crippen molar-refractivity contribution in [2.24, 2.45) is 0 Å². The second kappa shape index (κ2) is 8.03. The fraction of sp³-hybridized carbons (Fsp3) is 1.00. The van der Waals surface area contributed by atoms with Gasteiger partial charge >= 0.3 is 0 Å². The second-order valence-corrected chi connectivity index (χ2v) is 6.97. The van der Waals surface area contributed by atoms with Crippen LogP contribution in [-0.4, -0.2) is 57.5 Å². The fourth-order valence-corrected chi connectivity index (χ4v) is 2.21. The van der Waals surface area contributed by atoms with E-state index in [0.29, 0.717) is 11.8 Å². The normalized spacial score (nSPS) is 12.6. The first-order valence-electron chi connectivity index (χ1n) is 5.99. The van der Waals surface area contributed by atoms with Crippen molar-refractivity contribution in [2.75, 3.05) is 38.2 Å². The fourth-order valence-electron chi connectivity index (χ4n) is 1.35. The molecule has 0 saturated carbocycles. The summed E-state index contributed by atoms with van der Waals surface area (Å²) in [6.07, 6.45) is 0.731. The van der Waals surface area contributed by atoms with E-state index in [-0.39, 0.29) is 5.75 Å². The van der Waals surface area contributed by atoms with Crippen LogP contribution >= 0.6 is 0 Å². The van der Waals surface area contributed by atoms with Crippen LogP contribution in [0.1, 0.15) is 27.2 Å². The molecule has 16 heavy (non-hydrogen) atoms. The molecule has 0 amide bonds. The lowest BCUT2D eigenvalue weighted by Gasteiger charge is -2.17. The Kier molecular flexibility index (Phi) is 7.97. The lowest BCUT2D eigenvalue weighted by Crippen LogP contribution is -2.33. The summed E-state index contributed by atoms with van der Waals surface area (Å²) in [5.74, 6) is 0.567. The number of sulfone groups is 1. The van der Waals surface area contributed by atoms with Crippen molar-refractivity contribution in [3.63, 3.8) is 0 Å². The summed E-state index contributed by atoms with van der Waals surface area (Å²) >= 11 is 0. The predicted octanol–water partition coefficient (Wildman–Crippen LogP) is 0.741. The minimum Gasteiger partial charge on any atom is -0.313 e. The van der Waals surface area contributed by atoms with E-state index in [1.165, 1.54) is 0 Å². The highest BCUT2D eigenvalue weighted by molar-refractivity contribution is 7.91. The molecule has 0 atom stereocenters. The summed E-state index contributed by atoms with van der Waals surface area (Å²) in [6, 6.07) is 0.508. The van der Waals surface area contributed by atoms with Gasteiger partial charge in [0, 0.05) is 24.9 Å². The van der Waals surface area contributed by atoms with E-state index in [9.17, 15) is 8.42 Å². The molecular formula is C11H26N2O2S. The Morgan fingerprint density at radius 1 is 1.25 bits per heavy atom. The maximum atomic E-state index is 11.3. The largest absolute Gasteiger partial charge is 0.313 e. The van der Waals surface area contributed by atoms with Crippen molar-refractivity contribution in [3.8, 4) is 0 Å². The molecule has 5 heteroatoms. The van der Waals surface area contributed by atoms with Crippen LogP contribution in [0.3, 0.4) is 0 Å². The van der Waals surface area contributed by atoms with Crippen LogP contribution in [0.5, 0.6) is 0 Å². The Labute approximate surface area is 100 Å². The van der Waals surface area contributed by atoms with Gasteiger partial charge in [-0.15, -0.1) is 0 Å². The van der Waals surface area contributed by atoms with Crippen LogP contribution in [0, 0.1) is 0 Å². The van der Waals surface area contributed by atoms with Crippen molar-refractivity contribution in [2.45, 2.75) is 33.2 Å². The molecule has 0 aromatic rings. The van der Waals surface area contributed by atoms with Crippen LogP contribution in [0.4, 0.5) is 0 Å². The van der Waals surface area contributed by atoms with Crippen LogP contribution in [0.25, 0.3) is 0 Å². The topological polar surface area (TPSA) is 49.4 Å². The summed E-state index contributed by atoms with van der Waals surface area (Å²) in [6.45, 7) is 8.70. The van der Waals surface area contributed by atoms with Crippen molar-refractivity contribution < 1.29 is 8.42 Å². The van der Waals surface area contributed by atoms with Crippen LogP contribution < -0.4 is 5.32 Å². The SMILES string of the molecule is CCS(=O)(=O)CCCN(C)CCNC(C)C. The first kappa shape index (κ1) is 15.9. The van der Waals surface area contributed by atoms with Gasteiger partial charge in [0.05, 0.1) is 5.75 Å². The van der Waals surface area contributed by atoms with Crippen molar-refractivity contribution in [1.82, 2.24) is 10.2 Å². The van der Waals surface area contributed by atoms with Crippen LogP contribution in [0.2, 0.25) is 0 Å². The molecule has 98 valence electrons. The average molecular weight is 250 g/mol. The van der Waals surface area contributed by atoms with Gasteiger partial charge in [-0.05, 0) is 20.0 Å². The number of nitrogens with zero attached hydrogens (tertiary/aromatic N) is 1. The van der Waals surface area contributed by atoms with Gasteiger partial charge in [0.2, 0.25) is 0 Å². The standard InChI is InChI=1S/C11H26N2O2S/c1-5-16(14,15)10-6-8-13(4)9-7-12-11(2)3/h11-12H,5-10H2,1-4H3. The van der Waals surface area contributed by atoms with Gasteiger partial charge in [-0.3, -0.25) is 0 Å². The zero-order chi connectivity index (χ0) is 12.6. The Balaban J connectivity index is 3.55. The molecule has 0 radical (unpaired) electrons. The van der Waals surface area contributed by atoms with Crippen LogP contribution in [-0.2, 0) is 9.84 Å². The first-order chi connectivity index (χ1) is 7.37. The van der Waals surface area contributed by atoms with Crippen LogP contribution in [0.15, 0.2) is 0 Å². The molecule has 1 N–H and O–H groups in total. The molecule has 0 aliphatic heterocycles. The van der Waals surface area contributed by atoms with Gasteiger partial charge in [-0.25, -0.2) is 8.42 Å². The Morgan fingerprint density at radius 2 is 1.88 bits per heavy atom. The van der Waals surface area contributed by atoms with Gasteiger partial charge in [-0.2, -0.15) is 0 Å². The zero-order valence-corrected chi connectivity index (χ0v) is 11.8. The Hall–Kier alpha value is -0.130. The molecule has 4 nitrogen and oxygen atoms in total. The number of rotatable bonds is 9. The maximum absolute atomic E-state index is 11.3. The minimum absolute atomic E-state index is 0.256. The minimum atomic E-state index is -2.79. The monoisotopic (exact) mass is 250 g/mol. The molecule has 0 bridgehead atoms. The Morgan fingerprint density at radius 3 is 2.38 bits per heavy atom. The van der Waals surface area contributed by atoms with Gasteiger partial charge in [0.1, 0.15) is 9.84 Å². The van der Waals surface area contributed by atoms with Gasteiger partial charge in [0.15, 0.2) is 0 Å². The predicted molar refractivity (Wildman–Crippen MR) is 69.6 cm³/mol. The Bertz CT molecular complexity index is 263. The van der Waals surface area contributed by atoms with E-state index in [2.05, 4.69) is 24.1 Å². The van der Waals surface area contributed by atoms with Gasteiger partial charge in [0.25, 0.3) is 0 Å². The maximum Gasteiger partial charge on any atom is 0.150 e. The average Bonchev–Trinajstić information content (AvgIpc) is 2.17. The van der Waals surface area contributed by atoms with E-state index < -0.39 is 9.84 Å². The third-order valence-corrected chi connectivity index (χ3v) is 4.27. The lowest BCUT2D eigenvalue weighted by molar-refractivity contribution is 0.328. The highest BCUT2D eigenvalue weighted by atomic mass is 32.2. The summed E-state index contributed by atoms with van der Waals surface area (Å²) in [5, 5.41) is 3.33. The number of hydrogen-bond acceptors (Lipinski definition) is 4. The molecule has 0 aliphatic rings. The van der Waals surface area contributed by atoms with Crippen molar-refractivity contribution >= 4 is 9.84 Å². The molecule has 0 unspecified atom stereocenters. The lowest BCUT2D eigenvalue weighted by atomic mass is 10.4. The smallest absolute Gasteiger partial charge is 0.150 e. The summed E-state index contributed by atoms with van der Waals surface area (Å²) in [7, 11) is -0.763. The van der Waals surface area contributed by atoms with E-state index in [1.807, 2.05) is 7.05 Å². The third-order valence-electron chi connectivity index (χ3n) is 2.48. The number of nitrogens with one attached hydrogen (secondary N) is 1. The van der Waals surface area contributed by atoms with Gasteiger partial charge in [-0.1, -0.05) is 20.8 Å². The zero-order valence-electron chi connectivity index (χ0n) is 11.0. The first-order valence-corrected chi connectivity index (χ1v) is 7.82. The highest BCUT2D eigenvalue weighted by Crippen LogP contribution is 1.95. The summed E-state index contributed by atoms with van der Waals surface area (Å²) in [4.78, 5) is 2.17. The van der Waals surface area contributed by atoms with E-state index in [4.69, 9.17) is 0 Å².